The number of rotatable bonds is 5. The molecule has 0 bridgehead atoms. The molecule has 0 saturated heterocycles. The highest BCUT2D eigenvalue weighted by Gasteiger charge is 2.23. The standard InChI is InChI=1S/C12H19BrFN3O2S/c1-5-6-16(11(18)19-12(2,3)4)8-10-15-7-9(13)17(10)20-14/h7H,5-6,8H2,1-4H3. The molecule has 0 aromatic carbocycles. The van der Waals surface area contributed by atoms with Gasteiger partial charge in [0.2, 0.25) is 0 Å². The summed E-state index contributed by atoms with van der Waals surface area (Å²) in [5, 5.41) is 0. The van der Waals surface area contributed by atoms with E-state index in [-0.39, 0.29) is 18.9 Å². The number of imidazole rings is 1. The minimum atomic E-state index is -0.562. The Morgan fingerprint density at radius 2 is 2.25 bits per heavy atom. The van der Waals surface area contributed by atoms with Crippen molar-refractivity contribution in [1.29, 1.82) is 0 Å². The van der Waals surface area contributed by atoms with E-state index in [1.165, 1.54) is 15.1 Å². The third-order valence-corrected chi connectivity index (χ3v) is 3.63. The number of hydrogen-bond acceptors (Lipinski definition) is 4. The molecule has 1 amide bonds. The van der Waals surface area contributed by atoms with Crippen LogP contribution in [-0.4, -0.2) is 32.1 Å². The lowest BCUT2D eigenvalue weighted by Crippen LogP contribution is -2.37. The number of aromatic nitrogens is 2. The number of hydrogen-bond donors (Lipinski definition) is 0. The minimum absolute atomic E-state index is 0.0422. The van der Waals surface area contributed by atoms with E-state index in [0.717, 1.165) is 6.42 Å². The molecule has 0 N–H and O–H groups in total. The molecular weight excluding hydrogens is 349 g/mol. The smallest absolute Gasteiger partial charge is 0.410 e. The molecule has 114 valence electrons. The largest absolute Gasteiger partial charge is 0.444 e. The van der Waals surface area contributed by atoms with Gasteiger partial charge in [0.05, 0.1) is 12.7 Å². The van der Waals surface area contributed by atoms with Crippen LogP contribution < -0.4 is 0 Å². The van der Waals surface area contributed by atoms with E-state index in [2.05, 4.69) is 20.9 Å². The van der Waals surface area contributed by atoms with Crippen LogP contribution in [0.4, 0.5) is 8.68 Å². The monoisotopic (exact) mass is 367 g/mol. The number of carbonyl (C=O) groups is 1. The first-order valence-electron chi connectivity index (χ1n) is 6.27. The summed E-state index contributed by atoms with van der Waals surface area (Å²) in [6.45, 7) is 8.11. The molecule has 0 aliphatic rings. The number of ether oxygens (including phenoxy) is 1. The van der Waals surface area contributed by atoms with Crippen molar-refractivity contribution in [2.75, 3.05) is 6.54 Å². The molecule has 0 fully saturated rings. The van der Waals surface area contributed by atoms with Crippen molar-refractivity contribution in [1.82, 2.24) is 13.9 Å². The zero-order chi connectivity index (χ0) is 15.3. The van der Waals surface area contributed by atoms with E-state index >= 15 is 0 Å². The average molecular weight is 368 g/mol. The van der Waals surface area contributed by atoms with Crippen molar-refractivity contribution < 1.29 is 13.4 Å². The number of nitrogens with zero attached hydrogens (tertiary/aromatic N) is 3. The molecule has 8 heteroatoms. The summed E-state index contributed by atoms with van der Waals surface area (Å²) in [4.78, 5) is 17.7. The van der Waals surface area contributed by atoms with Crippen LogP contribution in [-0.2, 0) is 11.3 Å². The average Bonchev–Trinajstić information content (AvgIpc) is 2.67. The summed E-state index contributed by atoms with van der Waals surface area (Å²) in [7, 11) is 0. The molecule has 1 aromatic rings. The van der Waals surface area contributed by atoms with Crippen molar-refractivity contribution in [2.24, 2.45) is 0 Å². The van der Waals surface area contributed by atoms with Crippen molar-refractivity contribution in [3.8, 4) is 0 Å². The van der Waals surface area contributed by atoms with Gasteiger partial charge in [0.1, 0.15) is 16.0 Å². The molecule has 0 spiro atoms. The molecule has 1 heterocycles. The Bertz CT molecular complexity index is 462. The molecule has 0 radical (unpaired) electrons. The van der Waals surface area contributed by atoms with Crippen LogP contribution in [0.1, 0.15) is 39.9 Å². The lowest BCUT2D eigenvalue weighted by atomic mass is 10.2. The zero-order valence-electron chi connectivity index (χ0n) is 12.0. The molecule has 0 aliphatic carbocycles. The highest BCUT2D eigenvalue weighted by molar-refractivity contribution is 9.10. The zero-order valence-corrected chi connectivity index (χ0v) is 14.4. The van der Waals surface area contributed by atoms with Crippen LogP contribution >= 0.6 is 28.3 Å². The number of halogens is 2. The SMILES string of the molecule is CCCN(Cc1ncc(Br)n1SF)C(=O)OC(C)(C)C. The summed E-state index contributed by atoms with van der Waals surface area (Å²) in [5.41, 5.74) is -0.562. The molecule has 0 aliphatic heterocycles. The second-order valence-corrected chi connectivity index (χ2v) is 6.58. The predicted octanol–water partition coefficient (Wildman–Crippen LogP) is 4.17. The van der Waals surface area contributed by atoms with E-state index in [1.807, 2.05) is 27.7 Å². The Labute approximate surface area is 131 Å². The third kappa shape index (κ3) is 4.97. The molecule has 1 rings (SSSR count). The van der Waals surface area contributed by atoms with Crippen LogP contribution in [0.2, 0.25) is 0 Å². The fourth-order valence-electron chi connectivity index (χ4n) is 1.54. The maximum atomic E-state index is 12.9. The third-order valence-electron chi connectivity index (χ3n) is 2.30. The predicted molar refractivity (Wildman–Crippen MR) is 81.0 cm³/mol. The lowest BCUT2D eigenvalue weighted by molar-refractivity contribution is 0.0228. The minimum Gasteiger partial charge on any atom is -0.444 e. The fourth-order valence-corrected chi connectivity index (χ4v) is 2.30. The highest BCUT2D eigenvalue weighted by Crippen LogP contribution is 2.22. The Hall–Kier alpha value is -0.760. The van der Waals surface area contributed by atoms with Crippen molar-refractivity contribution in [2.45, 2.75) is 46.3 Å². The topological polar surface area (TPSA) is 47.4 Å². The lowest BCUT2D eigenvalue weighted by Gasteiger charge is -2.26. The van der Waals surface area contributed by atoms with Crippen molar-refractivity contribution in [3.05, 3.63) is 16.6 Å². The van der Waals surface area contributed by atoms with Crippen LogP contribution in [0.5, 0.6) is 0 Å². The molecule has 5 nitrogen and oxygen atoms in total. The van der Waals surface area contributed by atoms with Gasteiger partial charge in [-0.25, -0.2) is 13.8 Å². The van der Waals surface area contributed by atoms with Crippen molar-refractivity contribution >= 4 is 34.4 Å². The molecule has 0 unspecified atom stereocenters. The van der Waals surface area contributed by atoms with E-state index in [0.29, 0.717) is 17.0 Å². The maximum Gasteiger partial charge on any atom is 0.410 e. The van der Waals surface area contributed by atoms with Crippen LogP contribution in [0, 0.1) is 0 Å². The number of carbonyl (C=O) groups excluding carboxylic acids is 1. The van der Waals surface area contributed by atoms with Gasteiger partial charge in [-0.2, -0.15) is 0 Å². The normalized spacial score (nSPS) is 11.5. The van der Waals surface area contributed by atoms with Crippen LogP contribution in [0.15, 0.2) is 10.8 Å². The summed E-state index contributed by atoms with van der Waals surface area (Å²) < 4.78 is 20.0. The molecule has 20 heavy (non-hydrogen) atoms. The quantitative estimate of drug-likeness (QED) is 0.783. The molecular formula is C12H19BrFN3O2S. The second-order valence-electron chi connectivity index (χ2n) is 5.26. The Kier molecular flexibility index (Phi) is 6.32. The van der Waals surface area contributed by atoms with Gasteiger partial charge < -0.3 is 9.64 Å². The van der Waals surface area contributed by atoms with E-state index < -0.39 is 11.7 Å². The molecule has 0 atom stereocenters. The van der Waals surface area contributed by atoms with Crippen LogP contribution in [0.25, 0.3) is 0 Å². The summed E-state index contributed by atoms with van der Waals surface area (Å²) >= 11 is 3.24. The first-order chi connectivity index (χ1) is 9.28. The maximum absolute atomic E-state index is 12.9. The molecule has 1 aromatic heterocycles. The highest BCUT2D eigenvalue weighted by atomic mass is 79.9. The van der Waals surface area contributed by atoms with Gasteiger partial charge in [-0.15, -0.1) is 3.89 Å². The van der Waals surface area contributed by atoms with Gasteiger partial charge in [0.15, 0.2) is 12.3 Å². The Morgan fingerprint density at radius 1 is 1.60 bits per heavy atom. The van der Waals surface area contributed by atoms with E-state index in [9.17, 15) is 8.68 Å². The summed E-state index contributed by atoms with van der Waals surface area (Å²) in [6, 6.07) is 0. The van der Waals surface area contributed by atoms with Gasteiger partial charge in [-0.3, -0.25) is 0 Å². The first kappa shape index (κ1) is 17.3. The van der Waals surface area contributed by atoms with Crippen molar-refractivity contribution in [3.63, 3.8) is 0 Å². The first-order valence-corrected chi connectivity index (χ1v) is 7.74. The fraction of sp³-hybridized carbons (Fsp3) is 0.667. The summed E-state index contributed by atoms with van der Waals surface area (Å²) in [5.74, 6) is 0.448. The Balaban J connectivity index is 2.83. The van der Waals surface area contributed by atoms with Gasteiger partial charge >= 0.3 is 6.09 Å². The molecule has 0 saturated carbocycles. The number of amides is 1. The van der Waals surface area contributed by atoms with E-state index in [4.69, 9.17) is 4.74 Å². The second kappa shape index (κ2) is 7.31. The Morgan fingerprint density at radius 3 is 2.75 bits per heavy atom. The van der Waals surface area contributed by atoms with Crippen LogP contribution in [0.3, 0.4) is 0 Å². The van der Waals surface area contributed by atoms with Gasteiger partial charge in [0, 0.05) is 6.54 Å². The van der Waals surface area contributed by atoms with E-state index in [1.54, 1.807) is 0 Å². The summed E-state index contributed by atoms with van der Waals surface area (Å²) in [6.07, 6.45) is 1.86. The van der Waals surface area contributed by atoms with Gasteiger partial charge in [-0.05, 0) is 43.1 Å². The van der Waals surface area contributed by atoms with Gasteiger partial charge in [-0.1, -0.05) is 6.92 Å². The van der Waals surface area contributed by atoms with Gasteiger partial charge in [0.25, 0.3) is 0 Å².